The fraction of sp³-hybridized carbons (Fsp3) is 0.208. The van der Waals surface area contributed by atoms with Gasteiger partial charge in [-0.05, 0) is 68.3 Å². The van der Waals surface area contributed by atoms with Gasteiger partial charge in [-0.2, -0.15) is 5.26 Å². The number of amides is 1. The number of hydrogen-bond acceptors (Lipinski definition) is 5. The second-order valence-electron chi connectivity index (χ2n) is 6.83. The summed E-state index contributed by atoms with van der Waals surface area (Å²) in [5, 5.41) is 13.0. The number of thioether (sulfide) groups is 1. The number of carbonyl (C=O) groups is 1. The lowest BCUT2D eigenvalue weighted by Gasteiger charge is -2.11. The summed E-state index contributed by atoms with van der Waals surface area (Å²) in [6.45, 7) is 5.84. The van der Waals surface area contributed by atoms with Crippen LogP contribution in [0.15, 0.2) is 59.6 Å². The van der Waals surface area contributed by atoms with E-state index in [0.29, 0.717) is 34.2 Å². The van der Waals surface area contributed by atoms with Gasteiger partial charge in [0.05, 0.1) is 5.56 Å². The van der Waals surface area contributed by atoms with E-state index in [0.717, 1.165) is 22.6 Å². The smallest absolute Gasteiger partial charge is 0.225 e. The number of pyridine rings is 1. The number of aromatic nitrogens is 1. The van der Waals surface area contributed by atoms with Gasteiger partial charge in [-0.15, -0.1) is 11.8 Å². The first-order valence-corrected chi connectivity index (χ1v) is 10.6. The molecule has 0 unspecified atom stereocenters. The molecular weight excluding hydrogens is 394 g/mol. The van der Waals surface area contributed by atoms with Crippen LogP contribution < -0.4 is 10.1 Å². The van der Waals surface area contributed by atoms with Gasteiger partial charge in [0, 0.05) is 23.6 Å². The van der Waals surface area contributed by atoms with Crippen molar-refractivity contribution in [3.8, 4) is 17.6 Å². The third-order valence-electron chi connectivity index (χ3n) is 4.76. The predicted octanol–water partition coefficient (Wildman–Crippen LogP) is 5.79. The summed E-state index contributed by atoms with van der Waals surface area (Å²) in [5.41, 5.74) is 4.21. The maximum Gasteiger partial charge on any atom is 0.225 e. The minimum Gasteiger partial charge on any atom is -0.457 e. The summed E-state index contributed by atoms with van der Waals surface area (Å²) < 4.78 is 5.75. The van der Waals surface area contributed by atoms with Gasteiger partial charge in [0.2, 0.25) is 5.91 Å². The highest BCUT2D eigenvalue weighted by molar-refractivity contribution is 7.99. The standard InChI is InChI=1S/C24H23N3O2S/c1-16-17(2)22(15-25)24(26-18(16)3)30-14-13-23(28)27-19-9-11-21(12-10-19)29-20-7-5-4-6-8-20/h4-12H,13-14H2,1-3H3,(H,27,28). The van der Waals surface area contributed by atoms with Crippen LogP contribution in [0.3, 0.4) is 0 Å². The van der Waals surface area contributed by atoms with Crippen LogP contribution in [-0.4, -0.2) is 16.6 Å². The summed E-state index contributed by atoms with van der Waals surface area (Å²) in [6, 6.07) is 19.0. The second kappa shape index (κ2) is 9.95. The highest BCUT2D eigenvalue weighted by Gasteiger charge is 2.13. The van der Waals surface area contributed by atoms with E-state index in [9.17, 15) is 10.1 Å². The molecule has 0 atom stereocenters. The largest absolute Gasteiger partial charge is 0.457 e. The molecule has 1 aromatic heterocycles. The van der Waals surface area contributed by atoms with Crippen molar-refractivity contribution in [3.05, 3.63) is 77.0 Å². The third-order valence-corrected chi connectivity index (χ3v) is 5.74. The average molecular weight is 418 g/mol. The van der Waals surface area contributed by atoms with Gasteiger partial charge in [-0.25, -0.2) is 4.98 Å². The minimum atomic E-state index is -0.0849. The number of nitrogens with one attached hydrogen (secondary N) is 1. The number of ether oxygens (including phenoxy) is 1. The molecule has 152 valence electrons. The van der Waals surface area contributed by atoms with Gasteiger partial charge in [0.25, 0.3) is 0 Å². The molecule has 0 fully saturated rings. The molecule has 0 radical (unpaired) electrons. The Morgan fingerprint density at radius 1 is 1.03 bits per heavy atom. The molecule has 0 aliphatic carbocycles. The van der Waals surface area contributed by atoms with E-state index in [-0.39, 0.29) is 5.91 Å². The van der Waals surface area contributed by atoms with Crippen LogP contribution in [-0.2, 0) is 4.79 Å². The molecule has 0 saturated heterocycles. The molecular formula is C24H23N3O2S. The molecule has 1 N–H and O–H groups in total. The molecule has 1 amide bonds. The lowest BCUT2D eigenvalue weighted by Crippen LogP contribution is -2.12. The van der Waals surface area contributed by atoms with Crippen LogP contribution in [0.25, 0.3) is 0 Å². The van der Waals surface area contributed by atoms with Crippen LogP contribution in [0.1, 0.15) is 28.8 Å². The molecule has 0 saturated carbocycles. The summed E-state index contributed by atoms with van der Waals surface area (Å²) in [7, 11) is 0. The number of anilines is 1. The zero-order valence-electron chi connectivity index (χ0n) is 17.2. The summed E-state index contributed by atoms with van der Waals surface area (Å²) in [5.74, 6) is 1.93. The number of nitrogens with zero attached hydrogens (tertiary/aromatic N) is 2. The minimum absolute atomic E-state index is 0.0849. The monoisotopic (exact) mass is 417 g/mol. The zero-order chi connectivity index (χ0) is 21.5. The predicted molar refractivity (Wildman–Crippen MR) is 120 cm³/mol. The molecule has 0 aliphatic heterocycles. The van der Waals surface area contributed by atoms with Gasteiger partial charge in [0.1, 0.15) is 22.6 Å². The fourth-order valence-electron chi connectivity index (χ4n) is 2.84. The third kappa shape index (κ3) is 5.40. The first kappa shape index (κ1) is 21.4. The van der Waals surface area contributed by atoms with Gasteiger partial charge >= 0.3 is 0 Å². The van der Waals surface area contributed by atoms with E-state index in [1.165, 1.54) is 11.8 Å². The van der Waals surface area contributed by atoms with Gasteiger partial charge in [-0.1, -0.05) is 18.2 Å². The number of aryl methyl sites for hydroxylation is 1. The van der Waals surface area contributed by atoms with E-state index in [4.69, 9.17) is 4.74 Å². The second-order valence-corrected chi connectivity index (χ2v) is 7.91. The van der Waals surface area contributed by atoms with Crippen molar-refractivity contribution in [1.82, 2.24) is 4.98 Å². The van der Waals surface area contributed by atoms with Crippen molar-refractivity contribution in [2.24, 2.45) is 0 Å². The summed E-state index contributed by atoms with van der Waals surface area (Å²) in [4.78, 5) is 16.8. The Kier molecular flexibility index (Phi) is 7.10. The van der Waals surface area contributed by atoms with Crippen LogP contribution in [0, 0.1) is 32.1 Å². The molecule has 2 aromatic carbocycles. The van der Waals surface area contributed by atoms with Crippen molar-refractivity contribution < 1.29 is 9.53 Å². The number of rotatable bonds is 7. The molecule has 0 aliphatic rings. The first-order chi connectivity index (χ1) is 14.5. The van der Waals surface area contributed by atoms with Crippen molar-refractivity contribution >= 4 is 23.4 Å². The van der Waals surface area contributed by atoms with E-state index in [1.54, 1.807) is 0 Å². The maximum absolute atomic E-state index is 12.3. The number of nitriles is 1. The van der Waals surface area contributed by atoms with E-state index in [2.05, 4.69) is 16.4 Å². The first-order valence-electron chi connectivity index (χ1n) is 9.61. The zero-order valence-corrected chi connectivity index (χ0v) is 18.0. The molecule has 6 heteroatoms. The van der Waals surface area contributed by atoms with Crippen LogP contribution in [0.2, 0.25) is 0 Å². The number of para-hydroxylation sites is 1. The highest BCUT2D eigenvalue weighted by atomic mass is 32.2. The topological polar surface area (TPSA) is 75.0 Å². The fourth-order valence-corrected chi connectivity index (χ4v) is 3.87. The van der Waals surface area contributed by atoms with Crippen molar-refractivity contribution in [2.75, 3.05) is 11.1 Å². The lowest BCUT2D eigenvalue weighted by atomic mass is 10.1. The summed E-state index contributed by atoms with van der Waals surface area (Å²) >= 11 is 1.44. The Hall–Kier alpha value is -3.30. The number of hydrogen-bond donors (Lipinski definition) is 1. The Morgan fingerprint density at radius 3 is 2.37 bits per heavy atom. The van der Waals surface area contributed by atoms with Gasteiger partial charge < -0.3 is 10.1 Å². The molecule has 0 bridgehead atoms. The van der Waals surface area contributed by atoms with E-state index >= 15 is 0 Å². The molecule has 5 nitrogen and oxygen atoms in total. The normalized spacial score (nSPS) is 10.3. The lowest BCUT2D eigenvalue weighted by molar-refractivity contribution is -0.115. The molecule has 0 spiro atoms. The van der Waals surface area contributed by atoms with Gasteiger partial charge in [0.15, 0.2) is 0 Å². The quantitative estimate of drug-likeness (QED) is 0.492. The molecule has 3 rings (SSSR count). The number of carbonyl (C=O) groups excluding carboxylic acids is 1. The van der Waals surface area contributed by atoms with E-state index in [1.807, 2.05) is 75.4 Å². The van der Waals surface area contributed by atoms with Crippen molar-refractivity contribution in [3.63, 3.8) is 0 Å². The average Bonchev–Trinajstić information content (AvgIpc) is 2.74. The van der Waals surface area contributed by atoms with Crippen molar-refractivity contribution in [1.29, 1.82) is 5.26 Å². The Balaban J connectivity index is 1.52. The highest BCUT2D eigenvalue weighted by Crippen LogP contribution is 2.27. The van der Waals surface area contributed by atoms with Gasteiger partial charge in [-0.3, -0.25) is 4.79 Å². The van der Waals surface area contributed by atoms with Crippen molar-refractivity contribution in [2.45, 2.75) is 32.2 Å². The Morgan fingerprint density at radius 2 is 1.70 bits per heavy atom. The molecule has 1 heterocycles. The van der Waals surface area contributed by atoms with Crippen LogP contribution in [0.5, 0.6) is 11.5 Å². The maximum atomic E-state index is 12.3. The number of benzene rings is 2. The Labute approximate surface area is 181 Å². The SMILES string of the molecule is Cc1nc(SCCC(=O)Nc2ccc(Oc3ccccc3)cc2)c(C#N)c(C)c1C. The van der Waals surface area contributed by atoms with Crippen LogP contribution >= 0.6 is 11.8 Å². The van der Waals surface area contributed by atoms with E-state index < -0.39 is 0 Å². The van der Waals surface area contributed by atoms with Crippen LogP contribution in [0.4, 0.5) is 5.69 Å². The molecule has 3 aromatic rings. The Bertz CT molecular complexity index is 1070. The molecule has 30 heavy (non-hydrogen) atoms. The summed E-state index contributed by atoms with van der Waals surface area (Å²) in [6.07, 6.45) is 0.325.